The molecule has 3 rings (SSSR count). The summed E-state index contributed by atoms with van der Waals surface area (Å²) in [5, 5.41) is 2.95. The number of carbonyl (C=O) groups is 1. The van der Waals surface area contributed by atoms with Crippen LogP contribution in [0.25, 0.3) is 16.9 Å². The van der Waals surface area contributed by atoms with Crippen LogP contribution < -0.4 is 5.32 Å². The predicted octanol–water partition coefficient (Wildman–Crippen LogP) is 4.67. The fraction of sp³-hybridized carbons (Fsp3) is 0.261. The number of nitrogens with zero attached hydrogens (tertiary/aromatic N) is 1. The molecule has 5 heteroatoms. The van der Waals surface area contributed by atoms with Crippen molar-refractivity contribution in [3.05, 3.63) is 77.2 Å². The van der Waals surface area contributed by atoms with E-state index >= 15 is 0 Å². The van der Waals surface area contributed by atoms with Crippen molar-refractivity contribution in [1.29, 1.82) is 0 Å². The van der Waals surface area contributed by atoms with Crippen molar-refractivity contribution in [2.45, 2.75) is 20.3 Å². The largest absolute Gasteiger partial charge is 0.385 e. The molecule has 1 heterocycles. The highest BCUT2D eigenvalue weighted by Gasteiger charge is 2.19. The number of amides is 1. The number of aromatic nitrogens is 1. The van der Waals surface area contributed by atoms with Crippen molar-refractivity contribution in [3.8, 4) is 16.9 Å². The van der Waals surface area contributed by atoms with Gasteiger partial charge in [0.2, 0.25) is 0 Å². The van der Waals surface area contributed by atoms with E-state index in [1.54, 1.807) is 19.2 Å². The van der Waals surface area contributed by atoms with Gasteiger partial charge in [-0.05, 0) is 73.9 Å². The summed E-state index contributed by atoms with van der Waals surface area (Å²) in [6.07, 6.45) is 0.755. The zero-order valence-electron chi connectivity index (χ0n) is 16.5. The van der Waals surface area contributed by atoms with Crippen LogP contribution in [0.15, 0.2) is 54.6 Å². The van der Waals surface area contributed by atoms with Crippen LogP contribution in [0.5, 0.6) is 0 Å². The number of halogens is 1. The first-order valence-corrected chi connectivity index (χ1v) is 9.33. The lowest BCUT2D eigenvalue weighted by atomic mass is 10.1. The highest BCUT2D eigenvalue weighted by molar-refractivity contribution is 5.97. The van der Waals surface area contributed by atoms with Crippen molar-refractivity contribution in [3.63, 3.8) is 0 Å². The number of ether oxygens (including phenoxy) is 1. The van der Waals surface area contributed by atoms with Gasteiger partial charge in [0.15, 0.2) is 0 Å². The van der Waals surface area contributed by atoms with E-state index < -0.39 is 0 Å². The molecule has 0 unspecified atom stereocenters. The van der Waals surface area contributed by atoms with Crippen LogP contribution in [0, 0.1) is 19.7 Å². The number of nitrogens with one attached hydrogen (secondary N) is 1. The molecule has 28 heavy (non-hydrogen) atoms. The third-order valence-electron chi connectivity index (χ3n) is 4.70. The van der Waals surface area contributed by atoms with Gasteiger partial charge < -0.3 is 14.6 Å². The second-order valence-corrected chi connectivity index (χ2v) is 6.81. The summed E-state index contributed by atoms with van der Waals surface area (Å²) in [6, 6.07) is 16.3. The van der Waals surface area contributed by atoms with E-state index in [0.29, 0.717) is 18.7 Å². The van der Waals surface area contributed by atoms with Crippen LogP contribution in [-0.2, 0) is 4.74 Å². The minimum Gasteiger partial charge on any atom is -0.385 e. The number of aryl methyl sites for hydroxylation is 1. The Hall–Kier alpha value is -2.92. The molecule has 146 valence electrons. The summed E-state index contributed by atoms with van der Waals surface area (Å²) in [6.45, 7) is 5.11. The van der Waals surface area contributed by atoms with Crippen molar-refractivity contribution in [2.75, 3.05) is 20.3 Å². The summed E-state index contributed by atoms with van der Waals surface area (Å²) in [5.41, 5.74) is 5.25. The van der Waals surface area contributed by atoms with Gasteiger partial charge in [0, 0.05) is 31.6 Å². The number of hydrogen-bond acceptors (Lipinski definition) is 2. The SMILES string of the molecule is COCCCNC(=O)c1cc(-c2ccc(F)cc2)n(-c2cccc(C)c2)c1C. The molecule has 0 spiro atoms. The number of hydrogen-bond donors (Lipinski definition) is 1. The van der Waals surface area contributed by atoms with E-state index in [1.807, 2.05) is 42.7 Å². The molecule has 1 aromatic heterocycles. The fourth-order valence-corrected chi connectivity index (χ4v) is 3.28. The summed E-state index contributed by atoms with van der Waals surface area (Å²) in [4.78, 5) is 12.8. The molecule has 2 aromatic carbocycles. The maximum atomic E-state index is 13.4. The van der Waals surface area contributed by atoms with Gasteiger partial charge in [0.25, 0.3) is 5.91 Å². The summed E-state index contributed by atoms with van der Waals surface area (Å²) in [5.74, 6) is -0.409. The Morgan fingerprint density at radius 3 is 2.54 bits per heavy atom. The molecule has 0 saturated heterocycles. The Bertz CT molecular complexity index is 961. The fourth-order valence-electron chi connectivity index (χ4n) is 3.28. The van der Waals surface area contributed by atoms with Crippen LogP contribution in [-0.4, -0.2) is 30.7 Å². The maximum absolute atomic E-state index is 13.4. The van der Waals surface area contributed by atoms with Gasteiger partial charge >= 0.3 is 0 Å². The molecule has 0 radical (unpaired) electrons. The van der Waals surface area contributed by atoms with Gasteiger partial charge in [0.1, 0.15) is 5.82 Å². The average Bonchev–Trinajstić information content (AvgIpc) is 3.03. The molecular weight excluding hydrogens is 355 g/mol. The Balaban J connectivity index is 2.04. The molecule has 3 aromatic rings. The summed E-state index contributed by atoms with van der Waals surface area (Å²) >= 11 is 0. The molecule has 0 bridgehead atoms. The van der Waals surface area contributed by atoms with Gasteiger partial charge in [-0.1, -0.05) is 12.1 Å². The van der Waals surface area contributed by atoms with Crippen LogP contribution >= 0.6 is 0 Å². The first-order valence-electron chi connectivity index (χ1n) is 9.33. The van der Waals surface area contributed by atoms with Gasteiger partial charge in [-0.25, -0.2) is 4.39 Å². The van der Waals surface area contributed by atoms with E-state index in [0.717, 1.165) is 34.6 Å². The Morgan fingerprint density at radius 1 is 1.11 bits per heavy atom. The molecule has 0 aliphatic rings. The molecule has 0 fully saturated rings. The van der Waals surface area contributed by atoms with E-state index in [-0.39, 0.29) is 11.7 Å². The Kier molecular flexibility index (Phi) is 6.26. The molecule has 0 aliphatic carbocycles. The van der Waals surface area contributed by atoms with Crippen LogP contribution in [0.1, 0.15) is 28.0 Å². The van der Waals surface area contributed by atoms with E-state index in [1.165, 1.54) is 12.1 Å². The average molecular weight is 380 g/mol. The normalized spacial score (nSPS) is 10.9. The lowest BCUT2D eigenvalue weighted by Gasteiger charge is -2.13. The van der Waals surface area contributed by atoms with Crippen molar-refractivity contribution in [1.82, 2.24) is 9.88 Å². The zero-order valence-corrected chi connectivity index (χ0v) is 16.5. The topological polar surface area (TPSA) is 43.3 Å². The lowest BCUT2D eigenvalue weighted by Crippen LogP contribution is -2.25. The van der Waals surface area contributed by atoms with Crippen LogP contribution in [0.3, 0.4) is 0 Å². The van der Waals surface area contributed by atoms with Crippen molar-refractivity contribution < 1.29 is 13.9 Å². The molecule has 0 aliphatic heterocycles. The van der Waals surface area contributed by atoms with Gasteiger partial charge in [-0.3, -0.25) is 4.79 Å². The van der Waals surface area contributed by atoms with Crippen LogP contribution in [0.2, 0.25) is 0 Å². The predicted molar refractivity (Wildman–Crippen MR) is 109 cm³/mol. The Morgan fingerprint density at radius 2 is 1.86 bits per heavy atom. The second kappa shape index (κ2) is 8.85. The van der Waals surface area contributed by atoms with Crippen LogP contribution in [0.4, 0.5) is 4.39 Å². The first-order chi connectivity index (χ1) is 13.5. The molecule has 0 saturated carbocycles. The lowest BCUT2D eigenvalue weighted by molar-refractivity contribution is 0.0948. The number of benzene rings is 2. The third kappa shape index (κ3) is 4.31. The van der Waals surface area contributed by atoms with E-state index in [4.69, 9.17) is 4.74 Å². The first kappa shape index (κ1) is 19.8. The minimum absolute atomic E-state index is 0.122. The van der Waals surface area contributed by atoms with E-state index in [9.17, 15) is 9.18 Å². The molecule has 4 nitrogen and oxygen atoms in total. The number of rotatable bonds is 7. The monoisotopic (exact) mass is 380 g/mol. The summed E-state index contributed by atoms with van der Waals surface area (Å²) in [7, 11) is 1.64. The highest BCUT2D eigenvalue weighted by Crippen LogP contribution is 2.30. The second-order valence-electron chi connectivity index (χ2n) is 6.81. The minimum atomic E-state index is -0.287. The van der Waals surface area contributed by atoms with E-state index in [2.05, 4.69) is 11.4 Å². The molecule has 1 amide bonds. The molecule has 0 atom stereocenters. The quantitative estimate of drug-likeness (QED) is 0.606. The zero-order chi connectivity index (χ0) is 20.1. The van der Waals surface area contributed by atoms with Gasteiger partial charge in [-0.15, -0.1) is 0 Å². The third-order valence-corrected chi connectivity index (χ3v) is 4.70. The smallest absolute Gasteiger partial charge is 0.253 e. The molecular formula is C23H25FN2O2. The Labute approximate surface area is 165 Å². The van der Waals surface area contributed by atoms with Crippen molar-refractivity contribution in [2.24, 2.45) is 0 Å². The highest BCUT2D eigenvalue weighted by atomic mass is 19.1. The standard InChI is InChI=1S/C23H25FN2O2/c1-16-6-4-7-20(14-16)26-17(2)21(23(27)25-12-5-13-28-3)15-22(26)18-8-10-19(24)11-9-18/h4,6-11,14-15H,5,12-13H2,1-3H3,(H,25,27). The number of methoxy groups -OCH3 is 1. The maximum Gasteiger partial charge on any atom is 0.253 e. The molecule has 1 N–H and O–H groups in total. The summed E-state index contributed by atoms with van der Waals surface area (Å²) < 4.78 is 20.5. The van der Waals surface area contributed by atoms with Gasteiger partial charge in [0.05, 0.1) is 11.3 Å². The number of carbonyl (C=O) groups excluding carboxylic acids is 1. The van der Waals surface area contributed by atoms with Gasteiger partial charge in [-0.2, -0.15) is 0 Å². The van der Waals surface area contributed by atoms with Crippen molar-refractivity contribution >= 4 is 5.91 Å².